The van der Waals surface area contributed by atoms with E-state index in [0.29, 0.717) is 6.61 Å². The number of H-pyrrole nitrogens is 1. The van der Waals surface area contributed by atoms with Crippen LogP contribution in [0, 0.1) is 0 Å². The largest absolute Gasteiger partial charge is 0.497 e. The molecule has 5 nitrogen and oxygen atoms in total. The molecule has 0 bridgehead atoms. The number of nitrogens with zero attached hydrogens (tertiary/aromatic N) is 2. The van der Waals surface area contributed by atoms with Gasteiger partial charge in [-0.05, 0) is 40.2 Å². The van der Waals surface area contributed by atoms with Gasteiger partial charge >= 0.3 is 0 Å². The highest BCUT2D eigenvalue weighted by Gasteiger charge is 2.09. The van der Waals surface area contributed by atoms with Crippen molar-refractivity contribution in [1.29, 1.82) is 0 Å². The fourth-order valence-corrected chi connectivity index (χ4v) is 2.45. The maximum absolute atomic E-state index is 5.74. The van der Waals surface area contributed by atoms with Crippen molar-refractivity contribution in [3.8, 4) is 11.5 Å². The molecule has 0 aliphatic heterocycles. The van der Waals surface area contributed by atoms with E-state index in [-0.39, 0.29) is 0 Å². The Morgan fingerprint density at radius 3 is 2.65 bits per heavy atom. The van der Waals surface area contributed by atoms with E-state index in [1.54, 1.807) is 7.11 Å². The summed E-state index contributed by atoms with van der Waals surface area (Å²) >= 11 is 3.48. The Balaban J connectivity index is 1.81. The first-order valence-corrected chi connectivity index (χ1v) is 6.80. The zero-order valence-electron chi connectivity index (χ0n) is 10.8. The molecule has 0 fully saturated rings. The first-order chi connectivity index (χ1) is 9.78. The summed E-state index contributed by atoms with van der Waals surface area (Å²) < 4.78 is 11.8. The molecule has 0 amide bonds. The monoisotopic (exact) mass is 333 g/mol. The van der Waals surface area contributed by atoms with Gasteiger partial charge in [0.2, 0.25) is 0 Å². The summed E-state index contributed by atoms with van der Waals surface area (Å²) in [6.07, 6.45) is 3.37. The number of fused-ring (bicyclic) bond motifs is 1. The van der Waals surface area contributed by atoms with Gasteiger partial charge in [-0.2, -0.15) is 0 Å². The van der Waals surface area contributed by atoms with Crippen LogP contribution in [0.2, 0.25) is 0 Å². The summed E-state index contributed by atoms with van der Waals surface area (Å²) in [7, 11) is 1.64. The highest BCUT2D eigenvalue weighted by molar-refractivity contribution is 9.10. The number of nitrogens with one attached hydrogen (secondary N) is 1. The number of hydrogen-bond donors (Lipinski definition) is 1. The molecule has 0 aliphatic rings. The lowest BCUT2D eigenvalue weighted by molar-refractivity contribution is 0.302. The Morgan fingerprint density at radius 1 is 1.15 bits per heavy atom. The molecule has 0 unspecified atom stereocenters. The highest BCUT2D eigenvalue weighted by Crippen LogP contribution is 2.25. The molecule has 0 aliphatic carbocycles. The molecule has 0 spiro atoms. The second kappa shape index (κ2) is 5.50. The normalized spacial score (nSPS) is 10.7. The highest BCUT2D eigenvalue weighted by atomic mass is 79.9. The van der Waals surface area contributed by atoms with Crippen LogP contribution in [0.4, 0.5) is 0 Å². The van der Waals surface area contributed by atoms with Crippen molar-refractivity contribution in [1.82, 2.24) is 15.0 Å². The van der Waals surface area contributed by atoms with Crippen LogP contribution in [0.5, 0.6) is 11.5 Å². The standard InChI is InChI=1S/C14H12BrN3O2/c1-19-9-2-4-10(5-3-9)20-7-12-13-11(15)6-16-14(13)18-8-17-12/h2-6,8H,7H2,1H3,(H,16,17,18). The first-order valence-electron chi connectivity index (χ1n) is 6.01. The summed E-state index contributed by atoms with van der Waals surface area (Å²) in [6, 6.07) is 7.45. The topological polar surface area (TPSA) is 60.0 Å². The molecule has 102 valence electrons. The molecule has 2 heterocycles. The van der Waals surface area contributed by atoms with Crippen LogP contribution in [-0.4, -0.2) is 22.1 Å². The summed E-state index contributed by atoms with van der Waals surface area (Å²) in [5.41, 5.74) is 1.62. The molecule has 0 saturated carbocycles. The van der Waals surface area contributed by atoms with Crippen LogP contribution in [0.1, 0.15) is 5.69 Å². The van der Waals surface area contributed by atoms with Crippen molar-refractivity contribution < 1.29 is 9.47 Å². The fraction of sp³-hybridized carbons (Fsp3) is 0.143. The first kappa shape index (κ1) is 12.9. The molecule has 0 atom stereocenters. The number of halogens is 1. The maximum Gasteiger partial charge on any atom is 0.142 e. The number of hydrogen-bond acceptors (Lipinski definition) is 4. The molecular weight excluding hydrogens is 322 g/mol. The number of ether oxygens (including phenoxy) is 2. The lowest BCUT2D eigenvalue weighted by Gasteiger charge is -2.07. The lowest BCUT2D eigenvalue weighted by Crippen LogP contribution is -1.99. The summed E-state index contributed by atoms with van der Waals surface area (Å²) in [5, 5.41) is 0.945. The van der Waals surface area contributed by atoms with Crippen molar-refractivity contribution in [2.24, 2.45) is 0 Å². The van der Waals surface area contributed by atoms with Crippen molar-refractivity contribution in [3.63, 3.8) is 0 Å². The predicted molar refractivity (Wildman–Crippen MR) is 78.9 cm³/mol. The van der Waals surface area contributed by atoms with Crippen molar-refractivity contribution in [2.45, 2.75) is 6.61 Å². The van der Waals surface area contributed by atoms with Crippen LogP contribution in [0.3, 0.4) is 0 Å². The average molecular weight is 334 g/mol. The zero-order chi connectivity index (χ0) is 13.9. The van der Waals surface area contributed by atoms with E-state index in [2.05, 4.69) is 30.9 Å². The van der Waals surface area contributed by atoms with E-state index in [0.717, 1.165) is 32.7 Å². The number of benzene rings is 1. The van der Waals surface area contributed by atoms with Gasteiger partial charge in [0.1, 0.15) is 30.1 Å². The van der Waals surface area contributed by atoms with Gasteiger partial charge in [-0.25, -0.2) is 9.97 Å². The number of rotatable bonds is 4. The van der Waals surface area contributed by atoms with Gasteiger partial charge in [-0.1, -0.05) is 0 Å². The van der Waals surface area contributed by atoms with Gasteiger partial charge in [0, 0.05) is 10.7 Å². The second-order valence-electron chi connectivity index (χ2n) is 4.14. The van der Waals surface area contributed by atoms with E-state index in [1.165, 1.54) is 6.33 Å². The number of aromatic nitrogens is 3. The van der Waals surface area contributed by atoms with Crippen LogP contribution >= 0.6 is 15.9 Å². The fourth-order valence-electron chi connectivity index (χ4n) is 1.92. The number of methoxy groups -OCH3 is 1. The Morgan fingerprint density at radius 2 is 1.90 bits per heavy atom. The second-order valence-corrected chi connectivity index (χ2v) is 5.00. The Hall–Kier alpha value is -2.08. The molecule has 0 radical (unpaired) electrons. The average Bonchev–Trinajstić information content (AvgIpc) is 2.88. The Bertz CT molecular complexity index is 725. The third-order valence-corrected chi connectivity index (χ3v) is 3.56. The SMILES string of the molecule is COc1ccc(OCc2ncnc3[nH]cc(Br)c23)cc1. The van der Waals surface area contributed by atoms with Crippen LogP contribution in [-0.2, 0) is 6.61 Å². The van der Waals surface area contributed by atoms with Crippen LogP contribution < -0.4 is 9.47 Å². The zero-order valence-corrected chi connectivity index (χ0v) is 12.3. The minimum atomic E-state index is 0.377. The maximum atomic E-state index is 5.74. The smallest absolute Gasteiger partial charge is 0.142 e. The van der Waals surface area contributed by atoms with E-state index >= 15 is 0 Å². The van der Waals surface area contributed by atoms with Crippen LogP contribution in [0.25, 0.3) is 11.0 Å². The van der Waals surface area contributed by atoms with Gasteiger partial charge in [0.25, 0.3) is 0 Å². The molecule has 6 heteroatoms. The molecule has 3 rings (SSSR count). The van der Waals surface area contributed by atoms with Crippen molar-refractivity contribution in [3.05, 3.63) is 47.0 Å². The summed E-state index contributed by atoms with van der Waals surface area (Å²) in [4.78, 5) is 11.5. The Kier molecular flexibility index (Phi) is 3.56. The van der Waals surface area contributed by atoms with Crippen molar-refractivity contribution >= 4 is 27.0 Å². The van der Waals surface area contributed by atoms with Gasteiger partial charge in [0.15, 0.2) is 0 Å². The molecular formula is C14H12BrN3O2. The summed E-state index contributed by atoms with van der Waals surface area (Å²) in [5.74, 6) is 1.57. The van der Waals surface area contributed by atoms with Gasteiger partial charge in [-0.15, -0.1) is 0 Å². The quantitative estimate of drug-likeness (QED) is 0.795. The van der Waals surface area contributed by atoms with Gasteiger partial charge in [-0.3, -0.25) is 0 Å². The minimum Gasteiger partial charge on any atom is -0.497 e. The molecule has 2 aromatic heterocycles. The molecule has 20 heavy (non-hydrogen) atoms. The summed E-state index contributed by atoms with van der Waals surface area (Å²) in [6.45, 7) is 0.377. The molecule has 1 aromatic carbocycles. The molecule has 1 N–H and O–H groups in total. The Labute approximate surface area is 124 Å². The van der Waals surface area contributed by atoms with Crippen LogP contribution in [0.15, 0.2) is 41.3 Å². The van der Waals surface area contributed by atoms with Crippen molar-refractivity contribution in [2.75, 3.05) is 7.11 Å². The predicted octanol–water partition coefficient (Wildman–Crippen LogP) is 3.31. The van der Waals surface area contributed by atoms with E-state index in [1.807, 2.05) is 30.5 Å². The van der Waals surface area contributed by atoms with Gasteiger partial charge in [0.05, 0.1) is 18.2 Å². The van der Waals surface area contributed by atoms with E-state index in [4.69, 9.17) is 9.47 Å². The van der Waals surface area contributed by atoms with E-state index < -0.39 is 0 Å². The molecule has 3 aromatic rings. The third-order valence-electron chi connectivity index (χ3n) is 2.94. The minimum absolute atomic E-state index is 0.377. The molecule has 0 saturated heterocycles. The van der Waals surface area contributed by atoms with E-state index in [9.17, 15) is 0 Å². The third kappa shape index (κ3) is 2.46. The lowest BCUT2D eigenvalue weighted by atomic mass is 10.3. The number of aromatic amines is 1. The van der Waals surface area contributed by atoms with Gasteiger partial charge < -0.3 is 14.5 Å².